The van der Waals surface area contributed by atoms with Crippen LogP contribution in [0.2, 0.25) is 0 Å². The van der Waals surface area contributed by atoms with Crippen molar-refractivity contribution in [3.8, 4) is 0 Å². The number of rotatable bonds is 0. The van der Waals surface area contributed by atoms with Gasteiger partial charge in [-0.15, -0.1) is 0 Å². The normalized spacial score (nSPS) is 6.44. The maximum Gasteiger partial charge on any atom is 2.00 e. The molecule has 0 saturated carbocycles. The van der Waals surface area contributed by atoms with Gasteiger partial charge in [-0.05, 0) is 0 Å². The fourth-order valence-corrected chi connectivity index (χ4v) is 0. The molecule has 0 aliphatic carbocycles. The van der Waals surface area contributed by atoms with E-state index < -0.39 is 10.4 Å². The van der Waals surface area contributed by atoms with E-state index in [9.17, 15) is 0 Å². The van der Waals surface area contributed by atoms with Crippen molar-refractivity contribution in [1.82, 2.24) is 0 Å². The van der Waals surface area contributed by atoms with Crippen molar-refractivity contribution in [3.05, 3.63) is 0 Å². The number of hydrogen-bond donors (Lipinski definition) is 2. The Bertz CT molecular complexity index is 106. The Morgan fingerprint density at radius 3 is 1.00 bits per heavy atom. The third kappa shape index (κ3) is 286. The first-order chi connectivity index (χ1) is 2.00. The van der Waals surface area contributed by atoms with Crippen LogP contribution in [0.15, 0.2) is 0 Å². The summed E-state index contributed by atoms with van der Waals surface area (Å²) < 4.78 is 31.6. The Hall–Kier alpha value is 1.32. The minimum atomic E-state index is -4.67. The van der Waals surface area contributed by atoms with E-state index in [1.54, 1.807) is 0 Å². The predicted octanol–water partition coefficient (Wildman–Crippen LogP) is -2.61. The van der Waals surface area contributed by atoms with Gasteiger partial charge in [0, 0.05) is 0 Å². The molecule has 0 aliphatic heterocycles. The van der Waals surface area contributed by atoms with Gasteiger partial charge in [-0.2, -0.15) is 8.42 Å². The van der Waals surface area contributed by atoms with Gasteiger partial charge >= 0.3 is 56.5 Å². The Morgan fingerprint density at radius 1 is 1.00 bits per heavy atom. The largest absolute Gasteiger partial charge is 2.00 e. The molecule has 9 heteroatoms. The van der Waals surface area contributed by atoms with Gasteiger partial charge in [0.15, 0.2) is 0 Å². The van der Waals surface area contributed by atoms with Gasteiger partial charge in [0.2, 0.25) is 0 Å². The molecule has 0 bridgehead atoms. The first-order valence-electron chi connectivity index (χ1n) is 0.698. The summed E-state index contributed by atoms with van der Waals surface area (Å²) in [6.07, 6.45) is 0. The van der Waals surface area contributed by atoms with E-state index in [1.165, 1.54) is 0 Å². The summed E-state index contributed by atoms with van der Waals surface area (Å²) in [7, 11) is -4.67. The summed E-state index contributed by atoms with van der Waals surface area (Å²) in [5, 5.41) is 0. The molecule has 0 heterocycles. The standard InChI is InChI=1S/2Mg.H2O4S.2H2O.4H/c;;1-5(2,3)4;;;;;;/h;;(H2,1,2,3,4);2*1H2;;;;/q2*+2;;;;4*-1. The molecule has 6 N–H and O–H groups in total. The van der Waals surface area contributed by atoms with Gasteiger partial charge in [0.1, 0.15) is 0 Å². The van der Waals surface area contributed by atoms with Crippen molar-refractivity contribution in [2.75, 3.05) is 0 Å². The fraction of sp³-hybridized carbons (Fsp3) is 0. The minimum Gasteiger partial charge on any atom is -1.00 e. The van der Waals surface area contributed by atoms with Crippen LogP contribution < -0.4 is 0 Å². The zero-order valence-electron chi connectivity index (χ0n) is 8.53. The number of hydrogen-bond acceptors (Lipinski definition) is 2. The second-order valence-electron chi connectivity index (χ2n) is 0.448. The van der Waals surface area contributed by atoms with Gasteiger partial charge in [0.05, 0.1) is 0 Å². The van der Waals surface area contributed by atoms with Gasteiger partial charge in [0.25, 0.3) is 0 Å². The van der Waals surface area contributed by atoms with E-state index in [4.69, 9.17) is 17.5 Å². The van der Waals surface area contributed by atoms with E-state index in [-0.39, 0.29) is 62.8 Å². The smallest absolute Gasteiger partial charge is 1.00 e. The van der Waals surface area contributed by atoms with Crippen molar-refractivity contribution < 1.29 is 34.2 Å². The molecule has 0 unspecified atom stereocenters. The maximum absolute atomic E-state index is 8.74. The topological polar surface area (TPSA) is 138 Å². The van der Waals surface area contributed by atoms with Crippen LogP contribution in [0, 0.1) is 0 Å². The van der Waals surface area contributed by atoms with Crippen molar-refractivity contribution >= 4 is 56.5 Å². The Balaban J connectivity index is -0.00000000286. The summed E-state index contributed by atoms with van der Waals surface area (Å²) in [6, 6.07) is 0. The van der Waals surface area contributed by atoms with Gasteiger partial charge in [-0.25, -0.2) is 0 Å². The summed E-state index contributed by atoms with van der Waals surface area (Å²) in [6.45, 7) is 0. The van der Waals surface area contributed by atoms with Crippen LogP contribution in [0.3, 0.4) is 0 Å². The monoisotopic (exact) mass is 186 g/mol. The van der Waals surface area contributed by atoms with E-state index in [1.807, 2.05) is 0 Å². The minimum absolute atomic E-state index is 0. The average Bonchev–Trinajstić information content (AvgIpc) is 0.722. The molecule has 0 radical (unpaired) electrons. The second kappa shape index (κ2) is 12.0. The van der Waals surface area contributed by atoms with Crippen LogP contribution in [0.5, 0.6) is 0 Å². The zero-order valence-corrected chi connectivity index (χ0v) is 8.18. The third-order valence-electron chi connectivity index (χ3n) is 0. The maximum atomic E-state index is 8.74. The van der Waals surface area contributed by atoms with Gasteiger partial charge < -0.3 is 16.7 Å². The molecule has 0 aromatic rings. The Morgan fingerprint density at radius 2 is 1.00 bits per heavy atom. The van der Waals surface area contributed by atoms with Gasteiger partial charge in [-0.1, -0.05) is 0 Å². The SMILES string of the molecule is O.O.O=S(=O)(O)O.[H-].[H-].[H-].[H-].[Mg+2].[Mg+2]. The molecule has 56 valence electrons. The first kappa shape index (κ1) is 31.7. The molecule has 0 aliphatic rings. The summed E-state index contributed by atoms with van der Waals surface area (Å²) in [4.78, 5) is 0. The third-order valence-corrected chi connectivity index (χ3v) is 0. The Labute approximate surface area is 90.4 Å². The molecule has 0 saturated heterocycles. The molecule has 0 fully saturated rings. The van der Waals surface area contributed by atoms with Crippen LogP contribution in [0.25, 0.3) is 0 Å². The van der Waals surface area contributed by atoms with E-state index in [0.29, 0.717) is 0 Å². The van der Waals surface area contributed by atoms with E-state index in [0.717, 1.165) is 0 Å². The average molecular weight is 187 g/mol. The first-order valence-corrected chi connectivity index (χ1v) is 2.10. The zero-order chi connectivity index (χ0) is 4.50. The van der Waals surface area contributed by atoms with Crippen LogP contribution in [-0.4, -0.2) is 74.6 Å². The van der Waals surface area contributed by atoms with Gasteiger partial charge in [-0.3, -0.25) is 9.11 Å². The van der Waals surface area contributed by atoms with Crippen LogP contribution >= 0.6 is 0 Å². The van der Waals surface area contributed by atoms with Crippen LogP contribution in [0.1, 0.15) is 5.71 Å². The fourth-order valence-electron chi connectivity index (χ4n) is 0. The molecule has 0 rings (SSSR count). The molecule has 9 heavy (non-hydrogen) atoms. The van der Waals surface area contributed by atoms with E-state index >= 15 is 0 Å². The second-order valence-corrected chi connectivity index (χ2v) is 1.34. The molecule has 0 atom stereocenters. The van der Waals surface area contributed by atoms with Crippen LogP contribution in [0.4, 0.5) is 0 Å². The summed E-state index contributed by atoms with van der Waals surface area (Å²) >= 11 is 0. The van der Waals surface area contributed by atoms with Crippen molar-refractivity contribution in [1.29, 1.82) is 0 Å². The summed E-state index contributed by atoms with van der Waals surface area (Å²) in [5.74, 6) is 0. The van der Waals surface area contributed by atoms with Crippen molar-refractivity contribution in [3.63, 3.8) is 0 Å². The predicted molar refractivity (Wildman–Crippen MR) is 37.4 cm³/mol. The Kier molecular flexibility index (Phi) is 42.4. The molecule has 0 aromatic carbocycles. The molecule has 6 nitrogen and oxygen atoms in total. The molecular weight excluding hydrogens is 177 g/mol. The summed E-state index contributed by atoms with van der Waals surface area (Å²) in [5.41, 5.74) is 0. The van der Waals surface area contributed by atoms with Crippen molar-refractivity contribution in [2.45, 2.75) is 0 Å². The van der Waals surface area contributed by atoms with Crippen molar-refractivity contribution in [2.24, 2.45) is 0 Å². The molecule has 0 amide bonds. The quantitative estimate of drug-likeness (QED) is 0.316. The van der Waals surface area contributed by atoms with Crippen LogP contribution in [-0.2, 0) is 10.4 Å². The van der Waals surface area contributed by atoms with E-state index in [2.05, 4.69) is 0 Å². The molecule has 0 spiro atoms. The molecule has 0 aromatic heterocycles. The molecular formula is H10Mg2O6S.